The van der Waals surface area contributed by atoms with Crippen LogP contribution in [0.25, 0.3) is 0 Å². The molecule has 0 N–H and O–H groups in total. The van der Waals surface area contributed by atoms with Crippen molar-refractivity contribution in [2.75, 3.05) is 0 Å². The molecule has 1 unspecified atom stereocenters. The predicted octanol–water partition coefficient (Wildman–Crippen LogP) is 4.85. The molecule has 29 heavy (non-hydrogen) atoms. The first-order valence-electron chi connectivity index (χ1n) is 10.0. The van der Waals surface area contributed by atoms with Gasteiger partial charge in [-0.05, 0) is 49.0 Å². The fraction of sp³-hybridized carbons (Fsp3) is 0.320. The van der Waals surface area contributed by atoms with Crippen molar-refractivity contribution in [1.29, 1.82) is 0 Å². The number of Topliss-reactive ketones (excluding diaryl/α,β-unsaturated/α-hetero) is 2. The van der Waals surface area contributed by atoms with E-state index in [1.54, 1.807) is 22.9 Å². The van der Waals surface area contributed by atoms with E-state index >= 15 is 0 Å². The lowest BCUT2D eigenvalue weighted by Gasteiger charge is -2.15. The van der Waals surface area contributed by atoms with E-state index in [-0.39, 0.29) is 23.0 Å². The average molecular weight is 389 g/mol. The minimum absolute atomic E-state index is 0.0157. The fourth-order valence-electron chi connectivity index (χ4n) is 3.82. The Hall–Kier alpha value is -3.01. The van der Waals surface area contributed by atoms with Gasteiger partial charge in [-0.2, -0.15) is 0 Å². The number of hydrogen-bond donors (Lipinski definition) is 0. The number of carbonyl (C=O) groups is 2. The van der Waals surface area contributed by atoms with Crippen LogP contribution in [0.15, 0.2) is 76.3 Å². The number of pyridine rings is 1. The molecule has 0 fully saturated rings. The third-order valence-electron chi connectivity index (χ3n) is 5.49. The Morgan fingerprint density at radius 2 is 1.79 bits per heavy atom. The summed E-state index contributed by atoms with van der Waals surface area (Å²) in [5.41, 5.74) is 4.56. The maximum absolute atomic E-state index is 12.6. The fourth-order valence-corrected chi connectivity index (χ4v) is 3.82. The molecular formula is C25H27NO3. The van der Waals surface area contributed by atoms with Crippen molar-refractivity contribution in [3.05, 3.63) is 92.9 Å². The summed E-state index contributed by atoms with van der Waals surface area (Å²) in [7, 11) is 0. The van der Waals surface area contributed by atoms with E-state index in [4.69, 9.17) is 0 Å². The number of aromatic nitrogens is 1. The number of rotatable bonds is 7. The van der Waals surface area contributed by atoms with Crippen LogP contribution in [0.1, 0.15) is 61.9 Å². The molecule has 0 spiro atoms. The third-order valence-corrected chi connectivity index (χ3v) is 5.49. The average Bonchev–Trinajstić information content (AvgIpc) is 2.69. The van der Waals surface area contributed by atoms with Crippen LogP contribution in [0.2, 0.25) is 0 Å². The maximum Gasteiger partial charge on any atom is 0.250 e. The quantitative estimate of drug-likeness (QED) is 0.636. The van der Waals surface area contributed by atoms with E-state index in [2.05, 4.69) is 6.92 Å². The summed E-state index contributed by atoms with van der Waals surface area (Å²) < 4.78 is 1.69. The maximum atomic E-state index is 12.6. The highest BCUT2D eigenvalue weighted by Crippen LogP contribution is 2.25. The Morgan fingerprint density at radius 3 is 2.45 bits per heavy atom. The van der Waals surface area contributed by atoms with Crippen LogP contribution in [-0.2, 0) is 11.3 Å². The minimum atomic E-state index is -0.0157. The summed E-state index contributed by atoms with van der Waals surface area (Å²) in [6.07, 6.45) is 5.10. The van der Waals surface area contributed by atoms with Crippen molar-refractivity contribution in [2.45, 2.75) is 52.5 Å². The Bertz CT molecular complexity index is 1040. The van der Waals surface area contributed by atoms with Crippen LogP contribution in [0.4, 0.5) is 0 Å². The molecule has 0 radical (unpaired) electrons. The molecule has 1 atom stereocenters. The minimum Gasteiger partial charge on any atom is -0.315 e. The molecule has 1 aliphatic carbocycles. The number of hydrogen-bond acceptors (Lipinski definition) is 3. The van der Waals surface area contributed by atoms with E-state index in [1.807, 2.05) is 50.3 Å². The first kappa shape index (κ1) is 20.7. The normalized spacial score (nSPS) is 15.3. The zero-order chi connectivity index (χ0) is 21.0. The van der Waals surface area contributed by atoms with Crippen LogP contribution in [-0.4, -0.2) is 16.1 Å². The van der Waals surface area contributed by atoms with Crippen molar-refractivity contribution in [2.24, 2.45) is 0 Å². The molecule has 4 nitrogen and oxygen atoms in total. The smallest absolute Gasteiger partial charge is 0.250 e. The zero-order valence-corrected chi connectivity index (χ0v) is 17.3. The Balaban J connectivity index is 1.63. The molecule has 0 saturated heterocycles. The van der Waals surface area contributed by atoms with Gasteiger partial charge in [0.25, 0.3) is 5.56 Å². The van der Waals surface area contributed by atoms with Gasteiger partial charge in [-0.3, -0.25) is 14.4 Å². The van der Waals surface area contributed by atoms with Gasteiger partial charge in [0, 0.05) is 37.2 Å². The molecule has 1 aromatic carbocycles. The van der Waals surface area contributed by atoms with E-state index in [0.717, 1.165) is 22.3 Å². The summed E-state index contributed by atoms with van der Waals surface area (Å²) in [5, 5.41) is 0. The second kappa shape index (κ2) is 8.99. The predicted molar refractivity (Wildman–Crippen MR) is 115 cm³/mol. The number of nitrogens with zero attached hydrogens (tertiary/aromatic N) is 1. The van der Waals surface area contributed by atoms with Crippen LogP contribution < -0.4 is 5.56 Å². The van der Waals surface area contributed by atoms with Crippen molar-refractivity contribution in [1.82, 2.24) is 4.57 Å². The molecule has 150 valence electrons. The molecule has 1 heterocycles. The molecule has 0 aliphatic heterocycles. The highest BCUT2D eigenvalue weighted by atomic mass is 16.1. The first-order chi connectivity index (χ1) is 13.8. The largest absolute Gasteiger partial charge is 0.315 e. The molecule has 4 heteroatoms. The van der Waals surface area contributed by atoms with Crippen LogP contribution in [0.3, 0.4) is 0 Å². The lowest BCUT2D eigenvalue weighted by atomic mass is 9.88. The van der Waals surface area contributed by atoms with Crippen LogP contribution in [0.5, 0.6) is 0 Å². The van der Waals surface area contributed by atoms with E-state index in [1.165, 1.54) is 0 Å². The second-order valence-electron chi connectivity index (χ2n) is 7.89. The monoisotopic (exact) mass is 389 g/mol. The summed E-state index contributed by atoms with van der Waals surface area (Å²) >= 11 is 0. The van der Waals surface area contributed by atoms with Gasteiger partial charge in [-0.1, -0.05) is 48.9 Å². The summed E-state index contributed by atoms with van der Waals surface area (Å²) in [6, 6.07) is 12.7. The Labute approximate surface area is 171 Å². The zero-order valence-electron chi connectivity index (χ0n) is 17.3. The Morgan fingerprint density at radius 1 is 1.07 bits per heavy atom. The van der Waals surface area contributed by atoms with Gasteiger partial charge >= 0.3 is 0 Å². The number of benzene rings is 1. The lowest BCUT2D eigenvalue weighted by Crippen LogP contribution is -2.20. The molecule has 2 aromatic rings. The van der Waals surface area contributed by atoms with Crippen LogP contribution in [0, 0.1) is 0 Å². The standard InChI is InChI=1S/C25H27NO3/c1-17-14-18(2)22(24(28)15-17)11-12-23(27)21-9-7-20(8-10-21)19(3)16-26-13-5-4-6-25(26)29/h4-10,13-14,19H,11-12,15-16H2,1-3H3. The molecule has 0 amide bonds. The van der Waals surface area contributed by atoms with Crippen molar-refractivity contribution in [3.63, 3.8) is 0 Å². The molecule has 0 bridgehead atoms. The van der Waals surface area contributed by atoms with E-state index in [9.17, 15) is 14.4 Å². The van der Waals surface area contributed by atoms with Gasteiger partial charge in [-0.15, -0.1) is 0 Å². The van der Waals surface area contributed by atoms with Crippen molar-refractivity contribution in [3.8, 4) is 0 Å². The van der Waals surface area contributed by atoms with E-state index in [0.29, 0.717) is 31.4 Å². The molecular weight excluding hydrogens is 362 g/mol. The highest BCUT2D eigenvalue weighted by Gasteiger charge is 2.19. The number of carbonyl (C=O) groups excluding carboxylic acids is 2. The van der Waals surface area contributed by atoms with Gasteiger partial charge in [-0.25, -0.2) is 0 Å². The Kier molecular flexibility index (Phi) is 6.42. The van der Waals surface area contributed by atoms with Gasteiger partial charge in [0.2, 0.25) is 0 Å². The molecule has 0 saturated carbocycles. The van der Waals surface area contributed by atoms with Gasteiger partial charge in [0.05, 0.1) is 0 Å². The number of allylic oxidation sites excluding steroid dienone is 4. The third kappa shape index (κ3) is 5.08. The van der Waals surface area contributed by atoms with Crippen molar-refractivity contribution < 1.29 is 9.59 Å². The van der Waals surface area contributed by atoms with E-state index < -0.39 is 0 Å². The SMILES string of the molecule is CC1=CC(C)=C(CCC(=O)c2ccc(C(C)Cn3ccccc3=O)cc2)C(=O)C1. The first-order valence-corrected chi connectivity index (χ1v) is 10.0. The van der Waals surface area contributed by atoms with Gasteiger partial charge in [0.1, 0.15) is 0 Å². The lowest BCUT2D eigenvalue weighted by molar-refractivity contribution is -0.115. The summed E-state index contributed by atoms with van der Waals surface area (Å²) in [5.74, 6) is 0.334. The second-order valence-corrected chi connectivity index (χ2v) is 7.89. The summed E-state index contributed by atoms with van der Waals surface area (Å²) in [6.45, 7) is 6.56. The van der Waals surface area contributed by atoms with Crippen molar-refractivity contribution >= 4 is 11.6 Å². The number of ketones is 2. The molecule has 1 aliphatic rings. The van der Waals surface area contributed by atoms with Gasteiger partial charge < -0.3 is 4.57 Å². The molecule has 1 aromatic heterocycles. The molecule has 3 rings (SSSR count). The summed E-state index contributed by atoms with van der Waals surface area (Å²) in [4.78, 5) is 36.7. The van der Waals surface area contributed by atoms with Crippen LogP contribution >= 0.6 is 0 Å². The topological polar surface area (TPSA) is 56.1 Å². The van der Waals surface area contributed by atoms with Gasteiger partial charge in [0.15, 0.2) is 11.6 Å². The highest BCUT2D eigenvalue weighted by molar-refractivity contribution is 6.01.